The van der Waals surface area contributed by atoms with E-state index < -0.39 is 12.1 Å². The van der Waals surface area contributed by atoms with Crippen LogP contribution in [0.25, 0.3) is 0 Å². The van der Waals surface area contributed by atoms with Gasteiger partial charge in [0.25, 0.3) is 5.91 Å². The van der Waals surface area contributed by atoms with Gasteiger partial charge in [0, 0.05) is 24.9 Å². The Morgan fingerprint density at radius 2 is 2.04 bits per heavy atom. The molecule has 0 aliphatic heterocycles. The van der Waals surface area contributed by atoms with Gasteiger partial charge in [0.15, 0.2) is 11.6 Å². The van der Waals surface area contributed by atoms with Crippen LogP contribution in [-0.4, -0.2) is 55.2 Å². The first-order chi connectivity index (χ1) is 12.1. The third-order valence-corrected chi connectivity index (χ3v) is 3.28. The van der Waals surface area contributed by atoms with E-state index in [1.165, 1.54) is 4.90 Å². The second-order valence-corrected chi connectivity index (χ2v) is 5.70. The molecule has 12 heteroatoms. The van der Waals surface area contributed by atoms with Crippen molar-refractivity contribution < 1.29 is 32.4 Å². The fourth-order valence-electron chi connectivity index (χ4n) is 1.81. The Morgan fingerprint density at radius 3 is 2.50 bits per heavy atom. The van der Waals surface area contributed by atoms with Gasteiger partial charge in [0.05, 0.1) is 6.54 Å². The molecule has 9 nitrogen and oxygen atoms in total. The Labute approximate surface area is 145 Å². The number of aromatic nitrogens is 4. The summed E-state index contributed by atoms with van der Waals surface area (Å²) in [6.45, 7) is 2.17. The lowest BCUT2D eigenvalue weighted by molar-refractivity contribution is -0.192. The molecule has 1 aliphatic rings. The highest BCUT2D eigenvalue weighted by atomic mass is 19.4. The number of H-pyrrole nitrogens is 1. The molecule has 3 rings (SSSR count). The molecule has 0 spiro atoms. The Balaban J connectivity index is 0.000000298. The SMILES string of the molecule is Cc1cnc(C(=O)N(C)Cc2noc(C3CC3)n2)[nH]1.O=C(O)C(F)(F)F. The van der Waals surface area contributed by atoms with Gasteiger partial charge in [-0.25, -0.2) is 9.78 Å². The Morgan fingerprint density at radius 1 is 1.42 bits per heavy atom. The zero-order valence-corrected chi connectivity index (χ0v) is 13.9. The normalized spacial score (nSPS) is 13.7. The van der Waals surface area contributed by atoms with Crippen LogP contribution in [0.5, 0.6) is 0 Å². The van der Waals surface area contributed by atoms with Crippen LogP contribution in [0.3, 0.4) is 0 Å². The maximum Gasteiger partial charge on any atom is 0.490 e. The van der Waals surface area contributed by atoms with Crippen LogP contribution in [0.4, 0.5) is 13.2 Å². The molecule has 1 fully saturated rings. The Hall–Kier alpha value is -2.92. The van der Waals surface area contributed by atoms with Crippen LogP contribution >= 0.6 is 0 Å². The van der Waals surface area contributed by atoms with E-state index in [9.17, 15) is 18.0 Å². The van der Waals surface area contributed by atoms with E-state index in [0.717, 1.165) is 18.5 Å². The summed E-state index contributed by atoms with van der Waals surface area (Å²) >= 11 is 0. The van der Waals surface area contributed by atoms with E-state index in [4.69, 9.17) is 14.4 Å². The molecule has 2 aromatic rings. The number of carbonyl (C=O) groups is 2. The number of rotatable bonds is 4. The number of carbonyl (C=O) groups excluding carboxylic acids is 1. The zero-order chi connectivity index (χ0) is 19.5. The molecular formula is C14H16F3N5O4. The third-order valence-electron chi connectivity index (χ3n) is 3.28. The number of nitrogens with one attached hydrogen (secondary N) is 1. The molecule has 2 aromatic heterocycles. The van der Waals surface area contributed by atoms with Crippen molar-refractivity contribution in [1.29, 1.82) is 0 Å². The summed E-state index contributed by atoms with van der Waals surface area (Å²) in [4.78, 5) is 33.7. The van der Waals surface area contributed by atoms with Gasteiger partial charge in [-0.2, -0.15) is 18.2 Å². The molecule has 1 saturated carbocycles. The zero-order valence-electron chi connectivity index (χ0n) is 13.9. The van der Waals surface area contributed by atoms with Gasteiger partial charge in [-0.3, -0.25) is 4.79 Å². The molecule has 2 N–H and O–H groups in total. The third kappa shape index (κ3) is 5.29. The number of nitrogens with zero attached hydrogens (tertiary/aromatic N) is 4. The van der Waals surface area contributed by atoms with E-state index >= 15 is 0 Å². The van der Waals surface area contributed by atoms with Crippen molar-refractivity contribution in [3.05, 3.63) is 29.4 Å². The van der Waals surface area contributed by atoms with E-state index in [1.807, 2.05) is 6.92 Å². The quantitative estimate of drug-likeness (QED) is 0.836. The maximum atomic E-state index is 12.1. The number of aryl methyl sites for hydroxylation is 1. The first-order valence-corrected chi connectivity index (χ1v) is 7.47. The first kappa shape index (κ1) is 19.4. The molecule has 0 bridgehead atoms. The first-order valence-electron chi connectivity index (χ1n) is 7.47. The van der Waals surface area contributed by atoms with Gasteiger partial charge >= 0.3 is 12.1 Å². The average molecular weight is 375 g/mol. The highest BCUT2D eigenvalue weighted by molar-refractivity contribution is 5.90. The molecular weight excluding hydrogens is 359 g/mol. The average Bonchev–Trinajstić information content (AvgIpc) is 3.15. The minimum absolute atomic E-state index is 0.189. The lowest BCUT2D eigenvalue weighted by atomic mass is 10.4. The van der Waals surface area contributed by atoms with Gasteiger partial charge in [0.1, 0.15) is 0 Å². The van der Waals surface area contributed by atoms with Crippen molar-refractivity contribution in [3.8, 4) is 0 Å². The summed E-state index contributed by atoms with van der Waals surface area (Å²) in [7, 11) is 1.69. The number of aromatic amines is 1. The minimum Gasteiger partial charge on any atom is -0.475 e. The number of aliphatic carboxylic acids is 1. The fourth-order valence-corrected chi connectivity index (χ4v) is 1.81. The number of hydrogen-bond acceptors (Lipinski definition) is 6. The number of imidazole rings is 1. The van der Waals surface area contributed by atoms with Gasteiger partial charge in [-0.1, -0.05) is 5.16 Å². The highest BCUT2D eigenvalue weighted by Gasteiger charge is 2.38. The van der Waals surface area contributed by atoms with Crippen molar-refractivity contribution in [3.63, 3.8) is 0 Å². The van der Waals surface area contributed by atoms with Crippen molar-refractivity contribution in [2.75, 3.05) is 7.05 Å². The summed E-state index contributed by atoms with van der Waals surface area (Å²) < 4.78 is 36.9. The predicted octanol–water partition coefficient (Wildman–Crippen LogP) is 1.88. The summed E-state index contributed by atoms with van der Waals surface area (Å²) in [6.07, 6.45) is -1.23. The smallest absolute Gasteiger partial charge is 0.475 e. The number of hydrogen-bond donors (Lipinski definition) is 2. The molecule has 0 atom stereocenters. The van der Waals surface area contributed by atoms with Crippen LogP contribution in [0.15, 0.2) is 10.7 Å². The van der Waals surface area contributed by atoms with Crippen molar-refractivity contribution in [1.82, 2.24) is 25.0 Å². The van der Waals surface area contributed by atoms with Crippen molar-refractivity contribution in [2.45, 2.75) is 38.4 Å². The largest absolute Gasteiger partial charge is 0.490 e. The van der Waals surface area contributed by atoms with Crippen LogP contribution in [0.2, 0.25) is 0 Å². The number of amides is 1. The molecule has 0 saturated heterocycles. The van der Waals surface area contributed by atoms with E-state index in [2.05, 4.69) is 20.1 Å². The second kappa shape index (κ2) is 7.54. The van der Waals surface area contributed by atoms with Crippen LogP contribution in [-0.2, 0) is 11.3 Å². The van der Waals surface area contributed by atoms with Gasteiger partial charge < -0.3 is 19.5 Å². The van der Waals surface area contributed by atoms with Gasteiger partial charge in [-0.15, -0.1) is 0 Å². The lowest BCUT2D eigenvalue weighted by Gasteiger charge is -2.12. The fraction of sp³-hybridized carbons (Fsp3) is 0.500. The summed E-state index contributed by atoms with van der Waals surface area (Å²) in [6, 6.07) is 0. The van der Waals surface area contributed by atoms with E-state index in [0.29, 0.717) is 30.0 Å². The number of halogens is 3. The summed E-state index contributed by atoms with van der Waals surface area (Å²) in [5.74, 6) is -0.981. The van der Waals surface area contributed by atoms with Crippen molar-refractivity contribution >= 4 is 11.9 Å². The van der Waals surface area contributed by atoms with Gasteiger partial charge in [-0.05, 0) is 19.8 Å². The Kier molecular flexibility index (Phi) is 5.63. The molecule has 0 radical (unpaired) electrons. The predicted molar refractivity (Wildman–Crippen MR) is 79.1 cm³/mol. The molecule has 26 heavy (non-hydrogen) atoms. The minimum atomic E-state index is -5.08. The van der Waals surface area contributed by atoms with Crippen LogP contribution in [0, 0.1) is 6.92 Å². The lowest BCUT2D eigenvalue weighted by Crippen LogP contribution is -2.27. The van der Waals surface area contributed by atoms with Crippen LogP contribution < -0.4 is 0 Å². The van der Waals surface area contributed by atoms with Crippen LogP contribution in [0.1, 0.15) is 46.8 Å². The molecule has 0 unspecified atom stereocenters. The molecule has 142 valence electrons. The number of carboxylic acids is 1. The maximum absolute atomic E-state index is 12.1. The number of alkyl halides is 3. The summed E-state index contributed by atoms with van der Waals surface area (Å²) in [5, 5.41) is 11.0. The standard InChI is InChI=1S/C12H15N5O2.C2HF3O2/c1-7-5-13-10(14-7)12(18)17(2)6-9-15-11(19-16-9)8-3-4-8;3-2(4,5)1(6)7/h5,8H,3-4,6H2,1-2H3,(H,13,14);(H,6,7). The van der Waals surface area contributed by atoms with Gasteiger partial charge in [0.2, 0.25) is 5.89 Å². The molecule has 0 aromatic carbocycles. The summed E-state index contributed by atoms with van der Waals surface area (Å²) in [5.41, 5.74) is 0.854. The highest BCUT2D eigenvalue weighted by Crippen LogP contribution is 2.38. The van der Waals surface area contributed by atoms with Crippen molar-refractivity contribution in [2.24, 2.45) is 0 Å². The molecule has 1 aliphatic carbocycles. The van der Waals surface area contributed by atoms with E-state index in [-0.39, 0.29) is 5.91 Å². The molecule has 2 heterocycles. The molecule has 1 amide bonds. The number of carboxylic acid groups (broad SMARTS) is 1. The van der Waals surface area contributed by atoms with E-state index in [1.54, 1.807) is 13.2 Å². The topological polar surface area (TPSA) is 125 Å². The Bertz CT molecular complexity index is 782. The second-order valence-electron chi connectivity index (χ2n) is 5.70. The monoisotopic (exact) mass is 375 g/mol.